The molecule has 0 rings (SSSR count). The van der Waals surface area contributed by atoms with Gasteiger partial charge in [-0.3, -0.25) is 0 Å². The van der Waals surface area contributed by atoms with Crippen LogP contribution in [0.1, 0.15) is 20.8 Å². The summed E-state index contributed by atoms with van der Waals surface area (Å²) in [5.41, 5.74) is 0. The fourth-order valence-corrected chi connectivity index (χ4v) is 0. The molecule has 6 heavy (non-hydrogen) atoms. The second-order valence-electron chi connectivity index (χ2n) is 2.17. The summed E-state index contributed by atoms with van der Waals surface area (Å²) in [5.74, 6) is 0. The van der Waals surface area contributed by atoms with Crippen molar-refractivity contribution in [3.05, 3.63) is 0 Å². The molecule has 0 aromatic carbocycles. The van der Waals surface area contributed by atoms with Gasteiger partial charge in [0, 0.05) is 34.3 Å². The molecule has 0 atom stereocenters. The molecule has 33 valence electrons. The van der Waals surface area contributed by atoms with Crippen molar-refractivity contribution in [2.75, 3.05) is 0 Å². The van der Waals surface area contributed by atoms with Crippen molar-refractivity contribution in [1.29, 1.82) is 0 Å². The van der Waals surface area contributed by atoms with E-state index in [-0.39, 0.29) is 34.3 Å². The Balaban J connectivity index is 0. The van der Waals surface area contributed by atoms with Gasteiger partial charge in [-0.2, -0.15) is 12.6 Å². The van der Waals surface area contributed by atoms with Crippen LogP contribution in [0.2, 0.25) is 0 Å². The average molecular weight is 113 g/mol. The van der Waals surface area contributed by atoms with E-state index < -0.39 is 0 Å². The van der Waals surface area contributed by atoms with E-state index in [1.165, 1.54) is 0 Å². The number of rotatable bonds is 0. The molecule has 0 heterocycles. The summed E-state index contributed by atoms with van der Waals surface area (Å²) in [4.78, 5) is 0. The van der Waals surface area contributed by atoms with Gasteiger partial charge in [-0.1, -0.05) is 20.8 Å². The van der Waals surface area contributed by atoms with Crippen LogP contribution in [0.4, 0.5) is 0 Å². The van der Waals surface area contributed by atoms with E-state index >= 15 is 0 Å². The minimum absolute atomic E-state index is 0. The van der Waals surface area contributed by atoms with Crippen molar-refractivity contribution in [2.24, 2.45) is 0 Å². The van der Waals surface area contributed by atoms with Crippen LogP contribution in [0.25, 0.3) is 0 Å². The second kappa shape index (κ2) is 3.36. The number of thiol groups is 1. The van der Waals surface area contributed by atoms with Gasteiger partial charge in [-0.15, -0.1) is 0 Å². The van der Waals surface area contributed by atoms with E-state index in [0.717, 1.165) is 0 Å². The molecule has 0 fully saturated rings. The van der Waals surface area contributed by atoms with E-state index in [9.17, 15) is 0 Å². The van der Waals surface area contributed by atoms with E-state index in [4.69, 9.17) is 0 Å². The summed E-state index contributed by atoms with van der Waals surface area (Å²) in [6.45, 7) is 6.16. The molecule has 0 aliphatic heterocycles. The van der Waals surface area contributed by atoms with Gasteiger partial charge in [0.05, 0.1) is 0 Å². The van der Waals surface area contributed by atoms with Gasteiger partial charge in [-0.05, 0) is 0 Å². The van der Waals surface area contributed by atoms with Crippen LogP contribution < -0.4 is 0 Å². The van der Waals surface area contributed by atoms with Gasteiger partial charge in [0.15, 0.2) is 0 Å². The molecule has 2 heteroatoms. The third kappa shape index (κ3) is 55.5. The van der Waals surface area contributed by atoms with Crippen LogP contribution in [-0.4, -0.2) is 34.3 Å². The average Bonchev–Trinajstić information content (AvgIpc) is 0.722. The SMILES string of the molecule is CC(C)(C)S.[Na]. The fourth-order valence-electron chi connectivity index (χ4n) is 0. The van der Waals surface area contributed by atoms with Crippen molar-refractivity contribution in [3.63, 3.8) is 0 Å². The van der Waals surface area contributed by atoms with E-state index in [1.807, 2.05) is 0 Å². The van der Waals surface area contributed by atoms with Crippen molar-refractivity contribution in [2.45, 2.75) is 25.5 Å². The maximum absolute atomic E-state index is 4.12. The standard InChI is InChI=1S/C4H10S.Na/c1-4(2,3)5;/h5H,1-3H3;. The predicted octanol–water partition coefficient (Wildman–Crippen LogP) is 1.33. The van der Waals surface area contributed by atoms with E-state index in [1.54, 1.807) is 0 Å². The third-order valence-electron chi connectivity index (χ3n) is 0. The largest absolute Gasteiger partial charge is 0.173 e. The molecule has 0 aromatic rings. The quantitative estimate of drug-likeness (QED) is 0.355. The zero-order chi connectivity index (χ0) is 4.50. The first-order chi connectivity index (χ1) is 2.00. The van der Waals surface area contributed by atoms with Crippen molar-refractivity contribution in [3.8, 4) is 0 Å². The van der Waals surface area contributed by atoms with Gasteiger partial charge in [0.2, 0.25) is 0 Å². The molecule has 0 aliphatic rings. The first kappa shape index (κ1) is 10.4. The minimum atomic E-state index is 0. The van der Waals surface area contributed by atoms with Gasteiger partial charge in [0.1, 0.15) is 0 Å². The smallest absolute Gasteiger partial charge is 0.00449 e. The van der Waals surface area contributed by atoms with Crippen LogP contribution in [0, 0.1) is 0 Å². The Hall–Kier alpha value is 1.35. The predicted molar refractivity (Wildman–Crippen MR) is 34.5 cm³/mol. The van der Waals surface area contributed by atoms with E-state index in [0.29, 0.717) is 0 Å². The maximum atomic E-state index is 4.12. The van der Waals surface area contributed by atoms with Crippen molar-refractivity contribution >= 4 is 42.2 Å². The molecule has 0 spiro atoms. The topological polar surface area (TPSA) is 0 Å². The molecule has 0 N–H and O–H groups in total. The molecular formula is C4H10NaS. The Morgan fingerprint density at radius 3 is 1.17 bits per heavy atom. The first-order valence-corrected chi connectivity index (χ1v) is 2.17. The zero-order valence-corrected chi connectivity index (χ0v) is 7.84. The molecule has 0 saturated heterocycles. The minimum Gasteiger partial charge on any atom is -0.173 e. The zero-order valence-electron chi connectivity index (χ0n) is 4.95. The molecule has 0 saturated carbocycles. The molecule has 0 bridgehead atoms. The molecule has 1 radical (unpaired) electrons. The molecular weight excluding hydrogens is 103 g/mol. The van der Waals surface area contributed by atoms with Crippen LogP contribution in [0.15, 0.2) is 0 Å². The Labute approximate surface area is 67.4 Å². The van der Waals surface area contributed by atoms with Crippen LogP contribution in [0.3, 0.4) is 0 Å². The first-order valence-electron chi connectivity index (χ1n) is 1.72. The summed E-state index contributed by atoms with van der Waals surface area (Å²) in [5, 5.41) is 0. The second-order valence-corrected chi connectivity index (χ2v) is 3.51. The molecule has 0 amide bonds. The summed E-state index contributed by atoms with van der Waals surface area (Å²) in [6.07, 6.45) is 0. The monoisotopic (exact) mass is 113 g/mol. The number of hydrogen-bond acceptors (Lipinski definition) is 1. The molecule has 0 aromatic heterocycles. The summed E-state index contributed by atoms with van der Waals surface area (Å²) < 4.78 is 0.194. The molecule has 0 nitrogen and oxygen atoms in total. The maximum Gasteiger partial charge on any atom is 0.00449 e. The van der Waals surface area contributed by atoms with Gasteiger partial charge >= 0.3 is 0 Å². The normalized spacial score (nSPS) is 10.0. The number of hydrogen-bond donors (Lipinski definition) is 1. The van der Waals surface area contributed by atoms with Crippen LogP contribution >= 0.6 is 12.6 Å². The van der Waals surface area contributed by atoms with Crippen molar-refractivity contribution < 1.29 is 0 Å². The van der Waals surface area contributed by atoms with Crippen molar-refractivity contribution in [1.82, 2.24) is 0 Å². The Morgan fingerprint density at radius 1 is 1.17 bits per heavy atom. The summed E-state index contributed by atoms with van der Waals surface area (Å²) in [7, 11) is 0. The van der Waals surface area contributed by atoms with Gasteiger partial charge in [-0.25, -0.2) is 0 Å². The molecule has 0 unspecified atom stereocenters. The Bertz CT molecular complexity index is 23.0. The Morgan fingerprint density at radius 2 is 1.17 bits per heavy atom. The fraction of sp³-hybridized carbons (Fsp3) is 1.00. The van der Waals surface area contributed by atoms with Crippen LogP contribution in [-0.2, 0) is 0 Å². The summed E-state index contributed by atoms with van der Waals surface area (Å²) in [6, 6.07) is 0. The van der Waals surface area contributed by atoms with Gasteiger partial charge < -0.3 is 0 Å². The van der Waals surface area contributed by atoms with Crippen LogP contribution in [0.5, 0.6) is 0 Å². The Kier molecular flexibility index (Phi) is 5.81. The van der Waals surface area contributed by atoms with Gasteiger partial charge in [0.25, 0.3) is 0 Å². The molecule has 0 aliphatic carbocycles. The summed E-state index contributed by atoms with van der Waals surface area (Å²) >= 11 is 4.12. The third-order valence-corrected chi connectivity index (χ3v) is 0. The van der Waals surface area contributed by atoms with E-state index in [2.05, 4.69) is 33.4 Å².